The first kappa shape index (κ1) is 9.77. The van der Waals surface area contributed by atoms with E-state index in [4.69, 9.17) is 0 Å². The Bertz CT molecular complexity index is 409. The molecule has 0 aromatic carbocycles. The molecule has 3 nitrogen and oxygen atoms in total. The lowest BCUT2D eigenvalue weighted by atomic mass is 10.2. The molecule has 2 aromatic heterocycles. The van der Waals surface area contributed by atoms with Crippen LogP contribution in [0.15, 0.2) is 42.9 Å². The van der Waals surface area contributed by atoms with Gasteiger partial charge in [-0.3, -0.25) is 4.98 Å². The summed E-state index contributed by atoms with van der Waals surface area (Å²) < 4.78 is 1.94. The smallest absolute Gasteiger partial charge is 0.196 e. The molecule has 0 aliphatic carbocycles. The predicted octanol–water partition coefficient (Wildman–Crippen LogP) is 1.84. The van der Waals surface area contributed by atoms with Gasteiger partial charge in [0, 0.05) is 24.2 Å². The third kappa shape index (κ3) is 2.37. The minimum atomic E-state index is 0.961. The summed E-state index contributed by atoms with van der Waals surface area (Å²) in [7, 11) is 0. The van der Waals surface area contributed by atoms with Gasteiger partial charge in [-0.2, -0.15) is 0 Å². The van der Waals surface area contributed by atoms with Crippen LogP contribution in [0.4, 0.5) is 0 Å². The molecule has 2 aromatic rings. The van der Waals surface area contributed by atoms with Crippen LogP contribution in [0.25, 0.3) is 11.3 Å². The van der Waals surface area contributed by atoms with Crippen molar-refractivity contribution in [3.63, 3.8) is 0 Å². The summed E-state index contributed by atoms with van der Waals surface area (Å²) in [6, 6.07) is 7.93. The Labute approximate surface area is 89.4 Å². The second-order valence-electron chi connectivity index (χ2n) is 3.39. The van der Waals surface area contributed by atoms with Gasteiger partial charge in [0.2, 0.25) is 0 Å². The molecule has 0 saturated carbocycles. The number of aryl methyl sites for hydroxylation is 1. The zero-order valence-electron chi connectivity index (χ0n) is 8.80. The van der Waals surface area contributed by atoms with Crippen molar-refractivity contribution in [3.8, 4) is 11.3 Å². The number of hydrogen-bond donors (Lipinski definition) is 0. The standard InChI is InChI=1S/C12H14N3/c1-2-8-15-9-6-11(10-14-15)12-5-3-4-7-13-12/h3-7,9-10H,2,8H2,1H3/q+1. The third-order valence-electron chi connectivity index (χ3n) is 2.18. The minimum Gasteiger partial charge on any atom is -0.256 e. The van der Waals surface area contributed by atoms with Crippen molar-refractivity contribution in [3.05, 3.63) is 42.9 Å². The molecule has 0 aliphatic rings. The van der Waals surface area contributed by atoms with E-state index in [1.54, 1.807) is 6.20 Å². The van der Waals surface area contributed by atoms with Crippen LogP contribution in [0, 0.1) is 0 Å². The first-order chi connectivity index (χ1) is 7.40. The Morgan fingerprint density at radius 1 is 1.27 bits per heavy atom. The normalized spacial score (nSPS) is 10.2. The van der Waals surface area contributed by atoms with Gasteiger partial charge in [-0.25, -0.2) is 0 Å². The molecule has 0 saturated heterocycles. The maximum absolute atomic E-state index is 4.32. The van der Waals surface area contributed by atoms with Gasteiger partial charge >= 0.3 is 0 Å². The lowest BCUT2D eigenvalue weighted by molar-refractivity contribution is -0.753. The summed E-state index contributed by atoms with van der Waals surface area (Å²) >= 11 is 0. The topological polar surface area (TPSA) is 29.7 Å². The van der Waals surface area contributed by atoms with E-state index in [9.17, 15) is 0 Å². The van der Waals surface area contributed by atoms with Gasteiger partial charge in [0.15, 0.2) is 12.7 Å². The molecule has 2 heterocycles. The van der Waals surface area contributed by atoms with Crippen LogP contribution in [-0.4, -0.2) is 10.1 Å². The Morgan fingerprint density at radius 3 is 2.80 bits per heavy atom. The Balaban J connectivity index is 2.24. The van der Waals surface area contributed by atoms with E-state index in [2.05, 4.69) is 17.0 Å². The van der Waals surface area contributed by atoms with E-state index >= 15 is 0 Å². The fourth-order valence-electron chi connectivity index (χ4n) is 1.43. The minimum absolute atomic E-state index is 0.961. The number of aromatic nitrogens is 3. The van der Waals surface area contributed by atoms with E-state index in [-0.39, 0.29) is 0 Å². The molecule has 0 atom stereocenters. The lowest BCUT2D eigenvalue weighted by Crippen LogP contribution is -2.36. The maximum atomic E-state index is 4.32. The average Bonchev–Trinajstić information content (AvgIpc) is 2.32. The van der Waals surface area contributed by atoms with Crippen LogP contribution in [-0.2, 0) is 6.54 Å². The molecule has 0 radical (unpaired) electrons. The van der Waals surface area contributed by atoms with Gasteiger partial charge in [-0.05, 0) is 17.2 Å². The molecule has 0 fully saturated rings. The first-order valence-corrected chi connectivity index (χ1v) is 5.17. The summed E-state index contributed by atoms with van der Waals surface area (Å²) in [6.45, 7) is 3.10. The molecule has 3 heteroatoms. The summed E-state index contributed by atoms with van der Waals surface area (Å²) in [4.78, 5) is 4.28. The highest BCUT2D eigenvalue weighted by molar-refractivity contribution is 5.56. The Morgan fingerprint density at radius 2 is 2.20 bits per heavy atom. The monoisotopic (exact) mass is 200 g/mol. The SMILES string of the molecule is CCC[n+]1ccc(-c2ccccn2)cn1. The predicted molar refractivity (Wildman–Crippen MR) is 58.0 cm³/mol. The van der Waals surface area contributed by atoms with Crippen molar-refractivity contribution in [1.29, 1.82) is 0 Å². The molecule has 0 unspecified atom stereocenters. The highest BCUT2D eigenvalue weighted by atomic mass is 15.2. The summed E-state index contributed by atoms with van der Waals surface area (Å²) in [5.74, 6) is 0. The van der Waals surface area contributed by atoms with Crippen molar-refractivity contribution in [2.45, 2.75) is 19.9 Å². The van der Waals surface area contributed by atoms with Crippen LogP contribution >= 0.6 is 0 Å². The maximum Gasteiger partial charge on any atom is 0.196 e. The van der Waals surface area contributed by atoms with Crippen LogP contribution in [0.1, 0.15) is 13.3 Å². The fourth-order valence-corrected chi connectivity index (χ4v) is 1.43. The second kappa shape index (κ2) is 4.64. The average molecular weight is 200 g/mol. The zero-order chi connectivity index (χ0) is 10.5. The number of pyridine rings is 1. The Kier molecular flexibility index (Phi) is 3.02. The van der Waals surface area contributed by atoms with Crippen molar-refractivity contribution in [2.24, 2.45) is 0 Å². The van der Waals surface area contributed by atoms with Crippen LogP contribution in [0.2, 0.25) is 0 Å². The molecule has 15 heavy (non-hydrogen) atoms. The largest absolute Gasteiger partial charge is 0.256 e. The van der Waals surface area contributed by atoms with E-state index < -0.39 is 0 Å². The van der Waals surface area contributed by atoms with Crippen molar-refractivity contribution in [1.82, 2.24) is 10.1 Å². The van der Waals surface area contributed by atoms with Crippen LogP contribution in [0.3, 0.4) is 0 Å². The highest BCUT2D eigenvalue weighted by Crippen LogP contribution is 2.12. The quantitative estimate of drug-likeness (QED) is 0.707. The van der Waals surface area contributed by atoms with Gasteiger partial charge in [0.1, 0.15) is 6.20 Å². The van der Waals surface area contributed by atoms with Gasteiger partial charge in [-0.15, -0.1) is 0 Å². The molecular formula is C12H14N3+. The van der Waals surface area contributed by atoms with Crippen molar-refractivity contribution >= 4 is 0 Å². The van der Waals surface area contributed by atoms with E-state index in [1.807, 2.05) is 41.3 Å². The summed E-state index contributed by atoms with van der Waals surface area (Å²) in [5.41, 5.74) is 2.02. The third-order valence-corrected chi connectivity index (χ3v) is 2.18. The first-order valence-electron chi connectivity index (χ1n) is 5.17. The number of rotatable bonds is 3. The number of hydrogen-bond acceptors (Lipinski definition) is 2. The molecule has 2 rings (SSSR count). The van der Waals surface area contributed by atoms with Gasteiger partial charge in [-0.1, -0.05) is 17.7 Å². The molecule has 0 N–H and O–H groups in total. The second-order valence-corrected chi connectivity index (χ2v) is 3.39. The van der Waals surface area contributed by atoms with E-state index in [1.165, 1.54) is 0 Å². The highest BCUT2D eigenvalue weighted by Gasteiger charge is 2.03. The van der Waals surface area contributed by atoms with Gasteiger partial charge in [0.05, 0.1) is 5.69 Å². The van der Waals surface area contributed by atoms with E-state index in [0.29, 0.717) is 0 Å². The van der Waals surface area contributed by atoms with Gasteiger partial charge < -0.3 is 0 Å². The fraction of sp³-hybridized carbons (Fsp3) is 0.250. The molecule has 0 bridgehead atoms. The van der Waals surface area contributed by atoms with Crippen LogP contribution in [0.5, 0.6) is 0 Å². The number of nitrogens with zero attached hydrogens (tertiary/aromatic N) is 3. The Hall–Kier alpha value is -1.77. The molecule has 0 spiro atoms. The van der Waals surface area contributed by atoms with Crippen molar-refractivity contribution in [2.75, 3.05) is 0 Å². The summed E-state index contributed by atoms with van der Waals surface area (Å²) in [6.07, 6.45) is 6.74. The molecule has 0 amide bonds. The molecule has 0 aliphatic heterocycles. The van der Waals surface area contributed by atoms with E-state index in [0.717, 1.165) is 24.2 Å². The molecular weight excluding hydrogens is 186 g/mol. The van der Waals surface area contributed by atoms with Crippen LogP contribution < -0.4 is 4.68 Å². The summed E-state index contributed by atoms with van der Waals surface area (Å²) in [5, 5.41) is 4.32. The zero-order valence-corrected chi connectivity index (χ0v) is 8.80. The lowest BCUT2D eigenvalue weighted by Gasteiger charge is -1.97. The van der Waals surface area contributed by atoms with Crippen molar-refractivity contribution < 1.29 is 4.68 Å². The molecule has 76 valence electrons. The van der Waals surface area contributed by atoms with Gasteiger partial charge in [0.25, 0.3) is 0 Å².